The minimum absolute atomic E-state index is 0.385. The summed E-state index contributed by atoms with van der Waals surface area (Å²) >= 11 is 0. The third-order valence-electron chi connectivity index (χ3n) is 2.22. The van der Waals surface area contributed by atoms with Gasteiger partial charge in [-0.1, -0.05) is 19.4 Å². The van der Waals surface area contributed by atoms with Gasteiger partial charge in [0.05, 0.1) is 5.69 Å². The van der Waals surface area contributed by atoms with E-state index in [0.717, 1.165) is 0 Å². The van der Waals surface area contributed by atoms with Crippen molar-refractivity contribution >= 4 is 20.2 Å². The molecule has 1 aromatic rings. The molecule has 1 unspecified atom stereocenters. The van der Waals surface area contributed by atoms with Crippen LogP contribution in [-0.4, -0.2) is 36.4 Å². The van der Waals surface area contributed by atoms with E-state index >= 15 is 0 Å². The largest absolute Gasteiger partial charge is 0.522 e. The number of halogens is 3. The first-order chi connectivity index (χ1) is 9.80. The average molecular weight is 365 g/mol. The van der Waals surface area contributed by atoms with Crippen LogP contribution >= 0.6 is 0 Å². The second kappa shape index (κ2) is 7.85. The molecule has 0 aliphatic rings. The number of alkyl halides is 3. The highest BCUT2D eigenvalue weighted by molar-refractivity contribution is 7.86. The fourth-order valence-electron chi connectivity index (χ4n) is 1.28. The van der Waals surface area contributed by atoms with Gasteiger partial charge in [0.1, 0.15) is 5.25 Å². The third kappa shape index (κ3) is 7.15. The maximum Gasteiger partial charge on any atom is 0.522 e. The fourth-order valence-corrected chi connectivity index (χ4v) is 2.26. The second-order valence-corrected chi connectivity index (χ2v) is 6.98. The van der Waals surface area contributed by atoms with Crippen molar-refractivity contribution in [3.63, 3.8) is 0 Å². The van der Waals surface area contributed by atoms with Crippen LogP contribution in [0.2, 0.25) is 0 Å². The normalized spacial score (nSPS) is 13.9. The van der Waals surface area contributed by atoms with Crippen LogP contribution in [0.5, 0.6) is 0 Å². The summed E-state index contributed by atoms with van der Waals surface area (Å²) in [5, 5.41) is -0.895. The van der Waals surface area contributed by atoms with Gasteiger partial charge in [-0.3, -0.25) is 14.1 Å². The van der Waals surface area contributed by atoms with Crippen LogP contribution < -0.4 is 0 Å². The van der Waals surface area contributed by atoms with Crippen molar-refractivity contribution in [2.45, 2.75) is 30.5 Å². The molecule has 12 heteroatoms. The fraction of sp³-hybridized carbons (Fsp3) is 0.500. The second-order valence-electron chi connectivity index (χ2n) is 3.97. The van der Waals surface area contributed by atoms with Crippen molar-refractivity contribution in [3.8, 4) is 0 Å². The van der Waals surface area contributed by atoms with Gasteiger partial charge >= 0.3 is 15.6 Å². The number of nitrogens with zero attached hydrogens (tertiary/aromatic N) is 1. The molecule has 0 fully saturated rings. The van der Waals surface area contributed by atoms with Gasteiger partial charge in [0.25, 0.3) is 10.1 Å². The molecule has 0 saturated carbocycles. The molecule has 0 aliphatic carbocycles. The first-order valence-electron chi connectivity index (χ1n) is 5.71. The molecule has 1 atom stereocenters. The first-order valence-corrected chi connectivity index (χ1v) is 8.66. The summed E-state index contributed by atoms with van der Waals surface area (Å²) < 4.78 is 88.6. The summed E-state index contributed by atoms with van der Waals surface area (Å²) in [6.45, 7) is 1.86. The number of hydrogen-bond acceptors (Lipinski definition) is 5. The average Bonchev–Trinajstić information content (AvgIpc) is 2.34. The number of pyridine rings is 1. The van der Waals surface area contributed by atoms with Crippen LogP contribution in [0, 0.1) is 0 Å². The van der Waals surface area contributed by atoms with E-state index in [1.165, 1.54) is 6.20 Å². The molecule has 1 rings (SSSR count). The van der Waals surface area contributed by atoms with E-state index in [1.54, 1.807) is 18.2 Å². The van der Waals surface area contributed by atoms with Crippen LogP contribution in [-0.2, 0) is 20.2 Å². The van der Waals surface area contributed by atoms with Crippen molar-refractivity contribution in [3.05, 3.63) is 30.1 Å². The minimum atomic E-state index is -5.84. The first kappa shape index (κ1) is 20.8. The molecule has 1 aromatic heterocycles. The van der Waals surface area contributed by atoms with Crippen molar-refractivity contribution in [2.75, 3.05) is 0 Å². The van der Waals surface area contributed by atoms with Gasteiger partial charge in [-0.2, -0.15) is 30.0 Å². The van der Waals surface area contributed by atoms with Crippen molar-refractivity contribution < 1.29 is 39.1 Å². The van der Waals surface area contributed by atoms with Crippen LogP contribution in [0.3, 0.4) is 0 Å². The topological polar surface area (TPSA) is 122 Å². The summed E-state index contributed by atoms with van der Waals surface area (Å²) in [6.07, 6.45) is 2.58. The lowest BCUT2D eigenvalue weighted by molar-refractivity contribution is -0.0510. The van der Waals surface area contributed by atoms with E-state index in [9.17, 15) is 21.6 Å². The molecule has 0 bridgehead atoms. The molecule has 0 spiro atoms. The summed E-state index contributed by atoms with van der Waals surface area (Å²) in [5.74, 6) is 0. The number of aromatic nitrogens is 1. The van der Waals surface area contributed by atoms with Gasteiger partial charge in [0.15, 0.2) is 0 Å². The van der Waals surface area contributed by atoms with Gasteiger partial charge in [-0.05, 0) is 18.6 Å². The summed E-state index contributed by atoms with van der Waals surface area (Å²) in [6, 6.07) is 5.01. The molecule has 0 amide bonds. The molecule has 0 aliphatic heterocycles. The Bertz CT molecular complexity index is 658. The van der Waals surface area contributed by atoms with Gasteiger partial charge in [-0.25, -0.2) is 0 Å². The van der Waals surface area contributed by atoms with E-state index in [1.807, 2.05) is 6.92 Å². The Morgan fingerprint density at radius 2 is 1.68 bits per heavy atom. The van der Waals surface area contributed by atoms with E-state index in [4.69, 9.17) is 17.5 Å². The predicted molar refractivity (Wildman–Crippen MR) is 71.0 cm³/mol. The maximum atomic E-state index is 11.0. The minimum Gasteiger partial charge on any atom is -0.285 e. The summed E-state index contributed by atoms with van der Waals surface area (Å²) in [7, 11) is -9.88. The van der Waals surface area contributed by atoms with Gasteiger partial charge in [0.2, 0.25) is 0 Å². The van der Waals surface area contributed by atoms with Crippen molar-refractivity contribution in [1.29, 1.82) is 0 Å². The van der Waals surface area contributed by atoms with Gasteiger partial charge < -0.3 is 0 Å². The molecule has 22 heavy (non-hydrogen) atoms. The lowest BCUT2D eigenvalue weighted by Crippen LogP contribution is -2.21. The van der Waals surface area contributed by atoms with Gasteiger partial charge in [-0.15, -0.1) is 0 Å². The van der Waals surface area contributed by atoms with Crippen molar-refractivity contribution in [2.24, 2.45) is 0 Å². The number of rotatable bonds is 4. The van der Waals surface area contributed by atoms with Crippen LogP contribution in [0.25, 0.3) is 0 Å². The monoisotopic (exact) mass is 365 g/mol. The SMILES string of the molecule is CCCC(c1ccccn1)S(=O)(=O)O.O=S(=O)(O)C(F)(F)F. The van der Waals surface area contributed by atoms with E-state index in [-0.39, 0.29) is 0 Å². The Morgan fingerprint density at radius 1 is 1.18 bits per heavy atom. The molecule has 128 valence electrons. The highest BCUT2D eigenvalue weighted by Crippen LogP contribution is 2.24. The van der Waals surface area contributed by atoms with Crippen LogP contribution in [0.15, 0.2) is 24.4 Å². The molecule has 7 nitrogen and oxygen atoms in total. The Hall–Kier alpha value is -1.24. The van der Waals surface area contributed by atoms with Crippen LogP contribution in [0.1, 0.15) is 30.7 Å². The van der Waals surface area contributed by atoms with Crippen molar-refractivity contribution in [1.82, 2.24) is 4.98 Å². The predicted octanol–water partition coefficient (Wildman–Crippen LogP) is 2.20. The van der Waals surface area contributed by atoms with E-state index < -0.39 is 31.0 Å². The molecule has 0 saturated heterocycles. The van der Waals surface area contributed by atoms with Crippen LogP contribution in [0.4, 0.5) is 13.2 Å². The summed E-state index contributed by atoms with van der Waals surface area (Å²) in [4.78, 5) is 3.92. The Labute approximate surface area is 125 Å². The zero-order chi connectivity index (χ0) is 17.6. The Morgan fingerprint density at radius 3 is 1.95 bits per heavy atom. The zero-order valence-corrected chi connectivity index (χ0v) is 12.9. The highest BCUT2D eigenvalue weighted by atomic mass is 32.2. The Balaban J connectivity index is 0.000000472. The third-order valence-corrected chi connectivity index (χ3v) is 4.00. The summed E-state index contributed by atoms with van der Waals surface area (Å²) in [5.41, 5.74) is -5.13. The molecule has 0 aromatic carbocycles. The quantitative estimate of drug-likeness (QED) is 0.619. The molecule has 2 N–H and O–H groups in total. The van der Waals surface area contributed by atoms with Gasteiger partial charge in [0, 0.05) is 6.20 Å². The molecular formula is C10H14F3NO6S2. The lowest BCUT2D eigenvalue weighted by atomic mass is 10.2. The zero-order valence-electron chi connectivity index (χ0n) is 11.2. The Kier molecular flexibility index (Phi) is 7.41. The molecular weight excluding hydrogens is 351 g/mol. The standard InChI is InChI=1S/C9H13NO3S.CHF3O3S/c1-2-5-9(14(11,12)13)8-6-3-4-7-10-8;2-1(3,4)8(5,6)7/h3-4,6-7,9H,2,5H2,1H3,(H,11,12,13);(H,5,6,7). The molecule has 0 radical (unpaired) electrons. The molecule has 1 heterocycles. The highest BCUT2D eigenvalue weighted by Gasteiger charge is 2.44. The lowest BCUT2D eigenvalue weighted by Gasteiger charge is -2.11. The maximum absolute atomic E-state index is 11.0. The smallest absolute Gasteiger partial charge is 0.285 e. The van der Waals surface area contributed by atoms with E-state index in [2.05, 4.69) is 4.98 Å². The van der Waals surface area contributed by atoms with E-state index in [0.29, 0.717) is 18.5 Å². The number of hydrogen-bond donors (Lipinski definition) is 2.